The highest BCUT2D eigenvalue weighted by atomic mass is 32.2. The van der Waals surface area contributed by atoms with Crippen LogP contribution in [0.25, 0.3) is 0 Å². The molecule has 1 aliphatic heterocycles. The first-order valence-corrected chi connectivity index (χ1v) is 8.61. The first-order valence-electron chi connectivity index (χ1n) is 7.79. The molecule has 0 amide bonds. The Hall–Kier alpha value is -1.32. The van der Waals surface area contributed by atoms with Crippen molar-refractivity contribution in [2.75, 3.05) is 13.1 Å². The summed E-state index contributed by atoms with van der Waals surface area (Å²) in [4.78, 5) is 8.47. The molecule has 0 N–H and O–H groups in total. The summed E-state index contributed by atoms with van der Waals surface area (Å²) in [5.41, 5.74) is 1.37. The molecule has 2 heterocycles. The quantitative estimate of drug-likeness (QED) is 0.808. The normalized spacial score (nSPS) is 19.6. The molecule has 0 spiro atoms. The average Bonchev–Trinajstić information content (AvgIpc) is 2.56. The van der Waals surface area contributed by atoms with Crippen molar-refractivity contribution < 1.29 is 0 Å². The van der Waals surface area contributed by atoms with Gasteiger partial charge >= 0.3 is 0 Å². The van der Waals surface area contributed by atoms with Crippen molar-refractivity contribution in [1.82, 2.24) is 9.88 Å². The molecule has 3 rings (SSSR count). The third-order valence-electron chi connectivity index (χ3n) is 4.13. The maximum Gasteiger partial charge on any atom is 0.101 e. The number of nitrogens with zero attached hydrogens (tertiary/aromatic N) is 2. The largest absolute Gasteiger partial charge is 0.297 e. The average molecular weight is 298 g/mol. The third-order valence-corrected chi connectivity index (χ3v) is 5.09. The Labute approximate surface area is 131 Å². The van der Waals surface area contributed by atoms with Gasteiger partial charge in [0.25, 0.3) is 0 Å². The van der Waals surface area contributed by atoms with Crippen molar-refractivity contribution in [2.45, 2.75) is 42.1 Å². The van der Waals surface area contributed by atoms with E-state index < -0.39 is 0 Å². The summed E-state index contributed by atoms with van der Waals surface area (Å²) in [7, 11) is 0. The van der Waals surface area contributed by atoms with Gasteiger partial charge in [-0.25, -0.2) is 4.98 Å². The summed E-state index contributed by atoms with van der Waals surface area (Å²) in [5.74, 6) is 0. The molecule has 0 bridgehead atoms. The van der Waals surface area contributed by atoms with E-state index in [-0.39, 0.29) is 0 Å². The number of hydrogen-bond donors (Lipinski definition) is 0. The lowest BCUT2D eigenvalue weighted by Gasteiger charge is -2.35. The van der Waals surface area contributed by atoms with Gasteiger partial charge in [0.2, 0.25) is 0 Å². The van der Waals surface area contributed by atoms with Crippen LogP contribution < -0.4 is 0 Å². The predicted molar refractivity (Wildman–Crippen MR) is 88.6 cm³/mol. The van der Waals surface area contributed by atoms with Gasteiger partial charge in [-0.1, -0.05) is 49.4 Å². The molecule has 1 aliphatic rings. The second kappa shape index (κ2) is 7.10. The zero-order valence-electron chi connectivity index (χ0n) is 12.5. The molecule has 1 aromatic heterocycles. The van der Waals surface area contributed by atoms with Crippen LogP contribution in [0.5, 0.6) is 0 Å². The van der Waals surface area contributed by atoms with Gasteiger partial charge in [0.15, 0.2) is 0 Å². The number of hydrogen-bond acceptors (Lipinski definition) is 3. The minimum absolute atomic E-state index is 0.562. The first kappa shape index (κ1) is 14.6. The molecule has 0 unspecified atom stereocenters. The SMILES string of the molecule is CCN1CCCC[C@@H]1c1ccc(Sc2ccccc2)nc1. The molecule has 1 aromatic carbocycles. The lowest BCUT2D eigenvalue weighted by atomic mass is 9.96. The Morgan fingerprint density at radius 2 is 2.00 bits per heavy atom. The number of likely N-dealkylation sites (tertiary alicyclic amines) is 1. The second-order valence-corrected chi connectivity index (χ2v) is 6.58. The zero-order valence-corrected chi connectivity index (χ0v) is 13.4. The molecule has 3 heteroatoms. The number of rotatable bonds is 4. The van der Waals surface area contributed by atoms with Crippen molar-refractivity contribution in [3.8, 4) is 0 Å². The highest BCUT2D eigenvalue weighted by Gasteiger charge is 2.22. The predicted octanol–water partition coefficient (Wildman–Crippen LogP) is 4.78. The van der Waals surface area contributed by atoms with E-state index in [1.165, 1.54) is 36.3 Å². The fourth-order valence-corrected chi connectivity index (χ4v) is 3.78. The Bertz CT molecular complexity index is 553. The smallest absolute Gasteiger partial charge is 0.101 e. The summed E-state index contributed by atoms with van der Waals surface area (Å²) in [6, 6.07) is 15.4. The number of benzene rings is 1. The van der Waals surface area contributed by atoms with Crippen LogP contribution in [0.2, 0.25) is 0 Å². The van der Waals surface area contributed by atoms with Crippen LogP contribution in [-0.4, -0.2) is 23.0 Å². The number of aromatic nitrogens is 1. The van der Waals surface area contributed by atoms with Crippen LogP contribution >= 0.6 is 11.8 Å². The molecule has 110 valence electrons. The van der Waals surface area contributed by atoms with E-state index in [1.54, 1.807) is 11.8 Å². The summed E-state index contributed by atoms with van der Waals surface area (Å²) in [6.45, 7) is 4.61. The van der Waals surface area contributed by atoms with Crippen LogP contribution in [0.1, 0.15) is 37.8 Å². The molecule has 21 heavy (non-hydrogen) atoms. The molecule has 1 atom stereocenters. The number of piperidine rings is 1. The Morgan fingerprint density at radius 1 is 1.14 bits per heavy atom. The maximum absolute atomic E-state index is 4.65. The van der Waals surface area contributed by atoms with E-state index in [1.807, 2.05) is 6.07 Å². The van der Waals surface area contributed by atoms with Gasteiger partial charge in [-0.15, -0.1) is 0 Å². The minimum atomic E-state index is 0.562. The molecule has 2 nitrogen and oxygen atoms in total. The minimum Gasteiger partial charge on any atom is -0.297 e. The third kappa shape index (κ3) is 3.66. The van der Waals surface area contributed by atoms with Gasteiger partial charge < -0.3 is 0 Å². The standard InChI is InChI=1S/C18H22N2S/c1-2-20-13-7-6-10-17(20)15-11-12-18(19-14-15)21-16-8-4-3-5-9-16/h3-5,8-9,11-12,14,17H,2,6-7,10,13H2,1H3/t17-/m1/s1. The Balaban J connectivity index is 1.71. The maximum atomic E-state index is 4.65. The molecule has 0 radical (unpaired) electrons. The zero-order chi connectivity index (χ0) is 14.5. The Morgan fingerprint density at radius 3 is 2.71 bits per heavy atom. The van der Waals surface area contributed by atoms with E-state index in [4.69, 9.17) is 0 Å². The highest BCUT2D eigenvalue weighted by Crippen LogP contribution is 2.32. The van der Waals surface area contributed by atoms with Crippen LogP contribution in [0.3, 0.4) is 0 Å². The molecule has 1 fully saturated rings. The van der Waals surface area contributed by atoms with Crippen LogP contribution in [0, 0.1) is 0 Å². The van der Waals surface area contributed by atoms with Crippen molar-refractivity contribution in [3.05, 3.63) is 54.2 Å². The summed E-state index contributed by atoms with van der Waals surface area (Å²) in [6.07, 6.45) is 6.01. The van der Waals surface area contributed by atoms with Gasteiger partial charge in [0.1, 0.15) is 5.03 Å². The van der Waals surface area contributed by atoms with Crippen molar-refractivity contribution >= 4 is 11.8 Å². The second-order valence-electron chi connectivity index (χ2n) is 5.49. The monoisotopic (exact) mass is 298 g/mol. The Kier molecular flexibility index (Phi) is 4.94. The van der Waals surface area contributed by atoms with E-state index in [2.05, 4.69) is 59.4 Å². The lowest BCUT2D eigenvalue weighted by molar-refractivity contribution is 0.157. The van der Waals surface area contributed by atoms with E-state index in [0.29, 0.717) is 6.04 Å². The molecular weight excluding hydrogens is 276 g/mol. The van der Waals surface area contributed by atoms with Crippen LogP contribution in [0.4, 0.5) is 0 Å². The van der Waals surface area contributed by atoms with E-state index >= 15 is 0 Å². The fraction of sp³-hybridized carbons (Fsp3) is 0.389. The molecule has 2 aromatic rings. The topological polar surface area (TPSA) is 16.1 Å². The molecule has 1 saturated heterocycles. The first-order chi connectivity index (χ1) is 10.4. The van der Waals surface area contributed by atoms with E-state index in [9.17, 15) is 0 Å². The van der Waals surface area contributed by atoms with Gasteiger partial charge in [-0.05, 0) is 49.7 Å². The number of pyridine rings is 1. The van der Waals surface area contributed by atoms with Gasteiger partial charge in [-0.2, -0.15) is 0 Å². The van der Waals surface area contributed by atoms with Crippen molar-refractivity contribution in [2.24, 2.45) is 0 Å². The summed E-state index contributed by atoms with van der Waals surface area (Å²) >= 11 is 1.72. The van der Waals surface area contributed by atoms with E-state index in [0.717, 1.165) is 11.6 Å². The van der Waals surface area contributed by atoms with Crippen molar-refractivity contribution in [3.63, 3.8) is 0 Å². The van der Waals surface area contributed by atoms with Crippen LogP contribution in [-0.2, 0) is 0 Å². The molecular formula is C18H22N2S. The molecule has 0 aliphatic carbocycles. The van der Waals surface area contributed by atoms with Crippen molar-refractivity contribution in [1.29, 1.82) is 0 Å². The van der Waals surface area contributed by atoms with Gasteiger partial charge in [0, 0.05) is 17.1 Å². The van der Waals surface area contributed by atoms with Gasteiger partial charge in [-0.3, -0.25) is 4.90 Å². The summed E-state index contributed by atoms with van der Waals surface area (Å²) in [5, 5.41) is 1.07. The lowest BCUT2D eigenvalue weighted by Crippen LogP contribution is -2.33. The molecule has 0 saturated carbocycles. The highest BCUT2D eigenvalue weighted by molar-refractivity contribution is 7.99. The van der Waals surface area contributed by atoms with Crippen LogP contribution in [0.15, 0.2) is 58.6 Å². The summed E-state index contributed by atoms with van der Waals surface area (Å²) < 4.78 is 0. The fourth-order valence-electron chi connectivity index (χ4n) is 3.01. The van der Waals surface area contributed by atoms with Gasteiger partial charge in [0.05, 0.1) is 0 Å².